The predicted molar refractivity (Wildman–Crippen MR) is 80.3 cm³/mol. The molecule has 1 N–H and O–H groups in total. The fraction of sp³-hybridized carbons (Fsp3) is 0.0625. The number of ether oxygens (including phenoxy) is 1. The number of para-hydroxylation sites is 1. The van der Waals surface area contributed by atoms with E-state index in [1.165, 1.54) is 13.2 Å². The first-order chi connectivity index (χ1) is 10.2. The first-order valence-corrected chi connectivity index (χ1v) is 6.26. The van der Waals surface area contributed by atoms with Gasteiger partial charge in [0.1, 0.15) is 0 Å². The molecule has 5 nitrogen and oxygen atoms in total. The predicted octanol–water partition coefficient (Wildman–Crippen LogP) is 2.55. The molecule has 106 valence electrons. The maximum absolute atomic E-state index is 11.8. The lowest BCUT2D eigenvalue weighted by atomic mass is 10.2. The summed E-state index contributed by atoms with van der Waals surface area (Å²) in [6.45, 7) is 0. The summed E-state index contributed by atoms with van der Waals surface area (Å²) in [5, 5.41) is 2.65. The molecule has 2 rings (SSSR count). The molecular formula is C16H14N2O3. The minimum atomic E-state index is -0.319. The van der Waals surface area contributed by atoms with Gasteiger partial charge in [-0.3, -0.25) is 9.59 Å². The molecular weight excluding hydrogens is 268 g/mol. The second-order valence-electron chi connectivity index (χ2n) is 4.16. The quantitative estimate of drug-likeness (QED) is 0.676. The molecule has 21 heavy (non-hydrogen) atoms. The van der Waals surface area contributed by atoms with Crippen LogP contribution in [-0.2, 0) is 4.79 Å². The normalized spacial score (nSPS) is 10.3. The van der Waals surface area contributed by atoms with Crippen LogP contribution in [-0.4, -0.2) is 24.3 Å². The first-order valence-electron chi connectivity index (χ1n) is 6.26. The van der Waals surface area contributed by atoms with Crippen molar-refractivity contribution in [1.29, 1.82) is 0 Å². The highest BCUT2D eigenvalue weighted by Gasteiger charge is 2.02. The largest absolute Gasteiger partial charge is 0.481 e. The zero-order chi connectivity index (χ0) is 15.1. The van der Waals surface area contributed by atoms with Gasteiger partial charge in [0.2, 0.25) is 11.8 Å². The molecule has 0 unspecified atom stereocenters. The van der Waals surface area contributed by atoms with Crippen LogP contribution in [0.2, 0.25) is 0 Å². The molecule has 2 aromatic rings. The Bertz CT molecular complexity index is 663. The number of methoxy groups -OCH3 is 1. The van der Waals surface area contributed by atoms with Gasteiger partial charge in [0.05, 0.1) is 12.8 Å². The molecule has 0 aliphatic heterocycles. The van der Waals surface area contributed by atoms with Crippen LogP contribution >= 0.6 is 0 Å². The smallest absolute Gasteiger partial charge is 0.248 e. The summed E-state index contributed by atoms with van der Waals surface area (Å²) in [7, 11) is 1.54. The van der Waals surface area contributed by atoms with Gasteiger partial charge in [0.25, 0.3) is 0 Å². The van der Waals surface area contributed by atoms with E-state index in [1.54, 1.807) is 48.7 Å². The Morgan fingerprint density at radius 3 is 2.71 bits per heavy atom. The van der Waals surface area contributed by atoms with Crippen LogP contribution < -0.4 is 10.1 Å². The number of anilines is 1. The van der Waals surface area contributed by atoms with Gasteiger partial charge in [-0.1, -0.05) is 12.1 Å². The topological polar surface area (TPSA) is 68.3 Å². The van der Waals surface area contributed by atoms with Crippen LogP contribution in [0.3, 0.4) is 0 Å². The molecule has 5 heteroatoms. The molecule has 0 aliphatic rings. The number of hydrogen-bond donors (Lipinski definition) is 1. The van der Waals surface area contributed by atoms with Crippen LogP contribution in [0.15, 0.2) is 48.7 Å². The Morgan fingerprint density at radius 2 is 2.05 bits per heavy atom. The standard InChI is InChI=1S/C16H14N2O3/c1-21-16-9-7-12(10-17-16)6-8-15(20)18-14-5-3-2-4-13(14)11-19/h2-11H,1H3,(H,18,20)/b8-6+. The van der Waals surface area contributed by atoms with Crippen molar-refractivity contribution >= 4 is 24.0 Å². The van der Waals surface area contributed by atoms with Gasteiger partial charge in [0, 0.05) is 23.9 Å². The van der Waals surface area contributed by atoms with Crippen molar-refractivity contribution in [3.8, 4) is 5.88 Å². The van der Waals surface area contributed by atoms with Crippen LogP contribution in [0.4, 0.5) is 5.69 Å². The highest BCUT2D eigenvalue weighted by molar-refractivity contribution is 6.04. The number of hydrogen-bond acceptors (Lipinski definition) is 4. The molecule has 0 spiro atoms. The van der Waals surface area contributed by atoms with Gasteiger partial charge >= 0.3 is 0 Å². The van der Waals surface area contributed by atoms with Gasteiger partial charge in [-0.25, -0.2) is 4.98 Å². The highest BCUT2D eigenvalue weighted by atomic mass is 16.5. The molecule has 0 bridgehead atoms. The Morgan fingerprint density at radius 1 is 1.24 bits per heavy atom. The number of aldehydes is 1. The summed E-state index contributed by atoms with van der Waals surface area (Å²) in [6.07, 6.45) is 5.31. The molecule has 0 saturated heterocycles. The van der Waals surface area contributed by atoms with E-state index in [0.29, 0.717) is 23.4 Å². The number of nitrogens with one attached hydrogen (secondary N) is 1. The second-order valence-corrected chi connectivity index (χ2v) is 4.16. The third kappa shape index (κ3) is 4.01. The highest BCUT2D eigenvalue weighted by Crippen LogP contribution is 2.13. The van der Waals surface area contributed by atoms with Crippen LogP contribution in [0.1, 0.15) is 15.9 Å². The van der Waals surface area contributed by atoms with E-state index in [-0.39, 0.29) is 5.91 Å². The average molecular weight is 282 g/mol. The van der Waals surface area contributed by atoms with E-state index in [4.69, 9.17) is 4.74 Å². The van der Waals surface area contributed by atoms with Gasteiger partial charge in [-0.05, 0) is 29.8 Å². The molecule has 0 radical (unpaired) electrons. The van der Waals surface area contributed by atoms with Crippen molar-refractivity contribution in [1.82, 2.24) is 4.98 Å². The molecule has 0 aliphatic carbocycles. The van der Waals surface area contributed by atoms with Crippen molar-refractivity contribution in [2.75, 3.05) is 12.4 Å². The summed E-state index contributed by atoms with van der Waals surface area (Å²) < 4.78 is 4.95. The number of benzene rings is 1. The fourth-order valence-electron chi connectivity index (χ4n) is 1.67. The van der Waals surface area contributed by atoms with E-state index >= 15 is 0 Å². The van der Waals surface area contributed by atoms with Crippen LogP contribution in [0.5, 0.6) is 5.88 Å². The van der Waals surface area contributed by atoms with Gasteiger partial charge in [0.15, 0.2) is 6.29 Å². The number of carbonyl (C=O) groups is 2. The number of carbonyl (C=O) groups excluding carboxylic acids is 2. The van der Waals surface area contributed by atoms with E-state index < -0.39 is 0 Å². The fourth-order valence-corrected chi connectivity index (χ4v) is 1.67. The molecule has 0 atom stereocenters. The second kappa shape index (κ2) is 7.00. The number of rotatable bonds is 5. The molecule has 1 aromatic heterocycles. The van der Waals surface area contributed by atoms with Crippen molar-refractivity contribution in [3.05, 3.63) is 59.8 Å². The average Bonchev–Trinajstić information content (AvgIpc) is 2.54. The lowest BCUT2D eigenvalue weighted by molar-refractivity contribution is -0.111. The Hall–Kier alpha value is -2.95. The van der Waals surface area contributed by atoms with Crippen molar-refractivity contribution in [3.63, 3.8) is 0 Å². The Balaban J connectivity index is 2.03. The number of nitrogens with zero attached hydrogens (tertiary/aromatic N) is 1. The van der Waals surface area contributed by atoms with Crippen molar-refractivity contribution in [2.45, 2.75) is 0 Å². The minimum Gasteiger partial charge on any atom is -0.481 e. The van der Waals surface area contributed by atoms with Gasteiger partial charge in [-0.15, -0.1) is 0 Å². The number of amides is 1. The SMILES string of the molecule is COc1ccc(/C=C/C(=O)Nc2ccccc2C=O)cn1. The Labute approximate surface area is 122 Å². The third-order valence-corrected chi connectivity index (χ3v) is 2.74. The van der Waals surface area contributed by atoms with E-state index in [0.717, 1.165) is 5.56 Å². The zero-order valence-corrected chi connectivity index (χ0v) is 11.4. The molecule has 1 heterocycles. The third-order valence-electron chi connectivity index (χ3n) is 2.74. The minimum absolute atomic E-state index is 0.319. The maximum atomic E-state index is 11.8. The number of pyridine rings is 1. The van der Waals surface area contributed by atoms with E-state index in [1.807, 2.05) is 0 Å². The Kier molecular flexibility index (Phi) is 4.82. The zero-order valence-electron chi connectivity index (χ0n) is 11.4. The van der Waals surface area contributed by atoms with E-state index in [2.05, 4.69) is 10.3 Å². The van der Waals surface area contributed by atoms with Crippen LogP contribution in [0, 0.1) is 0 Å². The molecule has 0 saturated carbocycles. The summed E-state index contributed by atoms with van der Waals surface area (Å²) >= 11 is 0. The lowest BCUT2D eigenvalue weighted by Gasteiger charge is -2.04. The lowest BCUT2D eigenvalue weighted by Crippen LogP contribution is -2.09. The summed E-state index contributed by atoms with van der Waals surface area (Å²) in [6, 6.07) is 10.3. The molecule has 1 amide bonds. The monoisotopic (exact) mass is 282 g/mol. The first kappa shape index (κ1) is 14.5. The van der Waals surface area contributed by atoms with Gasteiger partial charge in [-0.2, -0.15) is 0 Å². The van der Waals surface area contributed by atoms with Gasteiger partial charge < -0.3 is 10.1 Å². The van der Waals surface area contributed by atoms with E-state index in [9.17, 15) is 9.59 Å². The summed E-state index contributed by atoms with van der Waals surface area (Å²) in [4.78, 5) is 26.7. The van der Waals surface area contributed by atoms with Crippen molar-refractivity contribution in [2.24, 2.45) is 0 Å². The molecule has 1 aromatic carbocycles. The molecule has 0 fully saturated rings. The maximum Gasteiger partial charge on any atom is 0.248 e. The van der Waals surface area contributed by atoms with Crippen molar-refractivity contribution < 1.29 is 14.3 Å². The summed E-state index contributed by atoms with van der Waals surface area (Å²) in [5.74, 6) is 0.191. The van der Waals surface area contributed by atoms with Crippen LogP contribution in [0.25, 0.3) is 6.08 Å². The number of aromatic nitrogens is 1. The summed E-state index contributed by atoms with van der Waals surface area (Å²) in [5.41, 5.74) is 1.69.